The van der Waals surface area contributed by atoms with Crippen LogP contribution in [0.5, 0.6) is 0 Å². The first-order chi connectivity index (χ1) is 13.6. The fourth-order valence-corrected chi connectivity index (χ4v) is 2.80. The van der Waals surface area contributed by atoms with Gasteiger partial charge >= 0.3 is 0 Å². The summed E-state index contributed by atoms with van der Waals surface area (Å²) >= 11 is 0. The lowest BCUT2D eigenvalue weighted by Gasteiger charge is -2.10. The SMILES string of the molecule is Cc1nn(Cc2c(F)c(F)c(F)c(F)c2F)c(C)c1NC(=O)c1ccccc1F. The summed E-state index contributed by atoms with van der Waals surface area (Å²) < 4.78 is 82.6. The van der Waals surface area contributed by atoms with Gasteiger partial charge in [0, 0.05) is 0 Å². The van der Waals surface area contributed by atoms with Crippen molar-refractivity contribution in [3.05, 3.63) is 81.7 Å². The van der Waals surface area contributed by atoms with E-state index in [9.17, 15) is 31.1 Å². The van der Waals surface area contributed by atoms with Gasteiger partial charge in [-0.2, -0.15) is 5.10 Å². The van der Waals surface area contributed by atoms with Crippen LogP contribution in [0.3, 0.4) is 0 Å². The molecule has 10 heteroatoms. The molecule has 4 nitrogen and oxygen atoms in total. The summed E-state index contributed by atoms with van der Waals surface area (Å²) in [6.07, 6.45) is 0. The van der Waals surface area contributed by atoms with Gasteiger partial charge in [0.15, 0.2) is 23.3 Å². The third kappa shape index (κ3) is 3.57. The molecular formula is C19H13F6N3O. The van der Waals surface area contributed by atoms with Gasteiger partial charge in [-0.25, -0.2) is 26.3 Å². The van der Waals surface area contributed by atoms with E-state index in [1.54, 1.807) is 0 Å². The Labute approximate surface area is 160 Å². The van der Waals surface area contributed by atoms with Crippen molar-refractivity contribution < 1.29 is 31.1 Å². The van der Waals surface area contributed by atoms with Gasteiger partial charge in [0.05, 0.1) is 34.7 Å². The molecule has 0 aliphatic rings. The number of carbonyl (C=O) groups is 1. The van der Waals surface area contributed by atoms with Crippen molar-refractivity contribution >= 4 is 11.6 Å². The average Bonchev–Trinajstić information content (AvgIpc) is 2.95. The highest BCUT2D eigenvalue weighted by atomic mass is 19.2. The largest absolute Gasteiger partial charge is 0.319 e. The number of hydrogen-bond donors (Lipinski definition) is 1. The molecule has 0 fully saturated rings. The normalized spacial score (nSPS) is 11.0. The number of aryl methyl sites for hydroxylation is 1. The number of nitrogens with one attached hydrogen (secondary N) is 1. The van der Waals surface area contributed by atoms with E-state index in [0.29, 0.717) is 0 Å². The van der Waals surface area contributed by atoms with Crippen LogP contribution in [-0.2, 0) is 6.54 Å². The molecule has 3 rings (SSSR count). The quantitative estimate of drug-likeness (QED) is 0.385. The predicted molar refractivity (Wildman–Crippen MR) is 91.4 cm³/mol. The highest BCUT2D eigenvalue weighted by Crippen LogP contribution is 2.26. The van der Waals surface area contributed by atoms with Gasteiger partial charge in [0.1, 0.15) is 5.82 Å². The van der Waals surface area contributed by atoms with E-state index in [1.165, 1.54) is 32.0 Å². The lowest BCUT2D eigenvalue weighted by atomic mass is 10.1. The minimum Gasteiger partial charge on any atom is -0.319 e. The molecule has 1 N–H and O–H groups in total. The fraction of sp³-hybridized carbons (Fsp3) is 0.158. The number of halogens is 6. The second-order valence-electron chi connectivity index (χ2n) is 6.19. The Morgan fingerprint density at radius 2 is 1.48 bits per heavy atom. The van der Waals surface area contributed by atoms with Crippen LogP contribution in [0.25, 0.3) is 0 Å². The maximum atomic E-state index is 13.9. The second-order valence-corrected chi connectivity index (χ2v) is 6.19. The molecule has 0 aliphatic heterocycles. The standard InChI is InChI=1S/C19H13F6N3O/c1-8-18(26-19(29)10-5-3-4-6-12(10)20)9(2)28(27-8)7-11-13(21)15(23)17(25)16(24)14(11)22/h3-6H,7H2,1-2H3,(H,26,29). The molecule has 1 amide bonds. The van der Waals surface area contributed by atoms with Crippen molar-refractivity contribution in [3.63, 3.8) is 0 Å². The molecule has 0 saturated carbocycles. The van der Waals surface area contributed by atoms with E-state index < -0.39 is 52.9 Å². The molecule has 1 aromatic heterocycles. The molecule has 2 aromatic carbocycles. The Morgan fingerprint density at radius 1 is 0.931 bits per heavy atom. The highest BCUT2D eigenvalue weighted by Gasteiger charge is 2.27. The van der Waals surface area contributed by atoms with Gasteiger partial charge in [-0.1, -0.05) is 12.1 Å². The number of aromatic nitrogens is 2. The monoisotopic (exact) mass is 413 g/mol. The summed E-state index contributed by atoms with van der Waals surface area (Å²) in [6.45, 7) is 2.11. The lowest BCUT2D eigenvalue weighted by molar-refractivity contribution is 0.102. The van der Waals surface area contributed by atoms with Crippen LogP contribution in [-0.4, -0.2) is 15.7 Å². The van der Waals surface area contributed by atoms with Crippen LogP contribution in [0.15, 0.2) is 24.3 Å². The number of rotatable bonds is 4. The van der Waals surface area contributed by atoms with E-state index in [-0.39, 0.29) is 22.6 Å². The number of carbonyl (C=O) groups excluding carboxylic acids is 1. The highest BCUT2D eigenvalue weighted by molar-refractivity contribution is 6.05. The predicted octanol–water partition coefficient (Wildman–Crippen LogP) is 4.64. The summed E-state index contributed by atoms with van der Waals surface area (Å²) in [4.78, 5) is 12.3. The third-order valence-electron chi connectivity index (χ3n) is 4.35. The minimum absolute atomic E-state index is 0.127. The first-order valence-corrected chi connectivity index (χ1v) is 8.23. The van der Waals surface area contributed by atoms with Gasteiger partial charge in [0.25, 0.3) is 5.91 Å². The number of anilines is 1. The molecule has 0 atom stereocenters. The van der Waals surface area contributed by atoms with E-state index in [1.807, 2.05) is 0 Å². The van der Waals surface area contributed by atoms with Crippen molar-refractivity contribution in [2.24, 2.45) is 0 Å². The first-order valence-electron chi connectivity index (χ1n) is 8.23. The smallest absolute Gasteiger partial charge is 0.258 e. The molecule has 3 aromatic rings. The molecule has 29 heavy (non-hydrogen) atoms. The van der Waals surface area contributed by atoms with Gasteiger partial charge < -0.3 is 5.32 Å². The van der Waals surface area contributed by atoms with E-state index in [4.69, 9.17) is 0 Å². The molecule has 0 unspecified atom stereocenters. The molecule has 0 radical (unpaired) electrons. The number of amides is 1. The van der Waals surface area contributed by atoms with E-state index in [2.05, 4.69) is 10.4 Å². The zero-order valence-electron chi connectivity index (χ0n) is 15.1. The average molecular weight is 413 g/mol. The second kappa shape index (κ2) is 7.61. The Balaban J connectivity index is 1.95. The molecule has 0 saturated heterocycles. The molecule has 1 heterocycles. The summed E-state index contributed by atoms with van der Waals surface area (Å²) in [5.41, 5.74) is -0.799. The van der Waals surface area contributed by atoms with Gasteiger partial charge in [-0.15, -0.1) is 0 Å². The molecule has 0 bridgehead atoms. The topological polar surface area (TPSA) is 46.9 Å². The Kier molecular flexibility index (Phi) is 5.36. The van der Waals surface area contributed by atoms with Crippen LogP contribution in [0.1, 0.15) is 27.3 Å². The van der Waals surface area contributed by atoms with Crippen LogP contribution in [0.4, 0.5) is 32.0 Å². The minimum atomic E-state index is -2.25. The van der Waals surface area contributed by atoms with Crippen LogP contribution in [0.2, 0.25) is 0 Å². The maximum absolute atomic E-state index is 13.9. The van der Waals surface area contributed by atoms with Gasteiger partial charge in [-0.3, -0.25) is 9.48 Å². The lowest BCUT2D eigenvalue weighted by Crippen LogP contribution is -2.15. The Morgan fingerprint density at radius 3 is 2.07 bits per heavy atom. The maximum Gasteiger partial charge on any atom is 0.258 e. The van der Waals surface area contributed by atoms with Crippen LogP contribution >= 0.6 is 0 Å². The zero-order valence-corrected chi connectivity index (χ0v) is 15.1. The van der Waals surface area contributed by atoms with Crippen LogP contribution in [0, 0.1) is 48.8 Å². The Hall–Kier alpha value is -3.30. The van der Waals surface area contributed by atoms with Gasteiger partial charge in [-0.05, 0) is 26.0 Å². The first kappa shape index (κ1) is 20.4. The number of nitrogens with zero attached hydrogens (tertiary/aromatic N) is 2. The number of benzene rings is 2. The van der Waals surface area contributed by atoms with Crippen molar-refractivity contribution in [2.45, 2.75) is 20.4 Å². The number of hydrogen-bond acceptors (Lipinski definition) is 2. The van der Waals surface area contributed by atoms with E-state index in [0.717, 1.165) is 10.7 Å². The summed E-state index contributed by atoms with van der Waals surface area (Å²) in [5.74, 6) is -11.9. The fourth-order valence-electron chi connectivity index (χ4n) is 2.80. The molecule has 152 valence electrons. The molecule has 0 spiro atoms. The van der Waals surface area contributed by atoms with Crippen molar-refractivity contribution in [3.8, 4) is 0 Å². The molecule has 0 aliphatic carbocycles. The van der Waals surface area contributed by atoms with Crippen molar-refractivity contribution in [1.29, 1.82) is 0 Å². The zero-order chi connectivity index (χ0) is 21.5. The molecular weight excluding hydrogens is 400 g/mol. The van der Waals surface area contributed by atoms with Crippen LogP contribution < -0.4 is 5.32 Å². The summed E-state index contributed by atoms with van der Waals surface area (Å²) in [6, 6.07) is 5.23. The third-order valence-corrected chi connectivity index (χ3v) is 4.35. The van der Waals surface area contributed by atoms with Gasteiger partial charge in [0.2, 0.25) is 5.82 Å². The van der Waals surface area contributed by atoms with E-state index >= 15 is 0 Å². The summed E-state index contributed by atoms with van der Waals surface area (Å²) in [5, 5.41) is 6.42. The Bertz CT molecular complexity index is 1100. The van der Waals surface area contributed by atoms with Crippen molar-refractivity contribution in [1.82, 2.24) is 9.78 Å². The van der Waals surface area contributed by atoms with Crippen molar-refractivity contribution in [2.75, 3.05) is 5.32 Å². The summed E-state index contributed by atoms with van der Waals surface area (Å²) in [7, 11) is 0.